The second kappa shape index (κ2) is 13.7. The third-order valence-corrected chi connectivity index (χ3v) is 3.01. The molecule has 0 fully saturated rings. The van der Waals surface area contributed by atoms with E-state index < -0.39 is 10.1 Å². The summed E-state index contributed by atoms with van der Waals surface area (Å²) in [5, 5.41) is 0.758. The summed E-state index contributed by atoms with van der Waals surface area (Å²) in [6, 6.07) is 0. The Balaban J connectivity index is 0. The van der Waals surface area contributed by atoms with E-state index in [9.17, 15) is 13.0 Å². The maximum atomic E-state index is 10.2. The Kier molecular flexibility index (Phi) is 16.6. The summed E-state index contributed by atoms with van der Waals surface area (Å²) in [6.45, 7) is 2.20. The molecule has 96 valence electrons. The maximum Gasteiger partial charge on any atom is 1.00 e. The molecule has 0 aromatic rings. The smallest absolute Gasteiger partial charge is 0.744 e. The Morgan fingerprint density at radius 1 is 0.941 bits per heavy atom. The maximum absolute atomic E-state index is 10.2. The number of allylic oxidation sites excluding steroid dienone is 1. The molecule has 0 N–H and O–H groups in total. The molecule has 0 aromatic heterocycles. The van der Waals surface area contributed by atoms with Crippen molar-refractivity contribution >= 4 is 10.1 Å². The van der Waals surface area contributed by atoms with Crippen LogP contribution >= 0.6 is 0 Å². The summed E-state index contributed by atoms with van der Waals surface area (Å²) in [4.78, 5) is 0. The van der Waals surface area contributed by atoms with E-state index in [0.29, 0.717) is 6.42 Å². The van der Waals surface area contributed by atoms with Gasteiger partial charge in [-0.1, -0.05) is 57.9 Å². The molecule has 0 spiro atoms. The van der Waals surface area contributed by atoms with Crippen LogP contribution in [0.1, 0.15) is 64.7 Å². The molecule has 0 amide bonds. The fourth-order valence-electron chi connectivity index (χ4n) is 1.58. The first kappa shape index (κ1) is 20.6. The minimum Gasteiger partial charge on any atom is -0.744 e. The minimum atomic E-state index is -4.16. The van der Waals surface area contributed by atoms with E-state index in [4.69, 9.17) is 0 Å². The molecule has 0 saturated heterocycles. The van der Waals surface area contributed by atoms with Crippen molar-refractivity contribution in [1.82, 2.24) is 0 Å². The Hall–Kier alpha value is 1.29. The molecular weight excluding hydrogens is 263 g/mol. The summed E-state index contributed by atoms with van der Waals surface area (Å²) < 4.78 is 30.7. The number of hydrogen-bond donors (Lipinski definition) is 0. The van der Waals surface area contributed by atoms with Crippen molar-refractivity contribution in [2.75, 3.05) is 0 Å². The summed E-state index contributed by atoms with van der Waals surface area (Å²) >= 11 is 0. The van der Waals surface area contributed by atoms with Gasteiger partial charge in [-0.15, -0.1) is 0 Å². The van der Waals surface area contributed by atoms with Gasteiger partial charge in [-0.2, -0.15) is 0 Å². The molecule has 0 heterocycles. The van der Waals surface area contributed by atoms with Crippen LogP contribution in [-0.2, 0) is 10.1 Å². The van der Waals surface area contributed by atoms with Crippen LogP contribution in [0.4, 0.5) is 0 Å². The van der Waals surface area contributed by atoms with Gasteiger partial charge >= 0.3 is 51.4 Å². The topological polar surface area (TPSA) is 57.2 Å². The molecule has 0 unspecified atom stereocenters. The van der Waals surface area contributed by atoms with E-state index in [1.54, 1.807) is 0 Å². The zero-order chi connectivity index (χ0) is 12.3. The molecule has 0 aliphatic rings. The Labute approximate surface area is 149 Å². The molecule has 5 heteroatoms. The van der Waals surface area contributed by atoms with Crippen LogP contribution in [0.3, 0.4) is 0 Å². The zero-order valence-corrected chi connectivity index (χ0v) is 15.1. The van der Waals surface area contributed by atoms with Gasteiger partial charge in [0.05, 0.1) is 0 Å². The predicted molar refractivity (Wildman–Crippen MR) is 66.1 cm³/mol. The van der Waals surface area contributed by atoms with Crippen LogP contribution in [-0.4, -0.2) is 13.0 Å². The number of unbranched alkanes of at least 4 members (excludes halogenated alkanes) is 8. The standard InChI is InChI=1S/C12H24O3S.K/c1-2-3-4-5-6-7-8-9-10-11-12-16(13,14)15;/h11-12H,2-10H2,1H3,(H,13,14,15);/q;+1/p-1. The average Bonchev–Trinajstić information content (AvgIpc) is 2.19. The van der Waals surface area contributed by atoms with Crippen LogP contribution in [0.2, 0.25) is 0 Å². The third kappa shape index (κ3) is 19.8. The Morgan fingerprint density at radius 3 is 1.88 bits per heavy atom. The second-order valence-electron chi connectivity index (χ2n) is 4.13. The van der Waals surface area contributed by atoms with Crippen molar-refractivity contribution in [3.05, 3.63) is 11.5 Å². The summed E-state index contributed by atoms with van der Waals surface area (Å²) in [5.74, 6) is 0. The summed E-state index contributed by atoms with van der Waals surface area (Å²) in [5.41, 5.74) is 0. The molecule has 0 saturated carbocycles. The van der Waals surface area contributed by atoms with Gasteiger partial charge in [0, 0.05) is 5.41 Å². The average molecular weight is 286 g/mol. The van der Waals surface area contributed by atoms with Gasteiger partial charge < -0.3 is 4.55 Å². The van der Waals surface area contributed by atoms with Crippen molar-refractivity contribution in [3.8, 4) is 0 Å². The fourth-order valence-corrected chi connectivity index (χ4v) is 1.95. The van der Waals surface area contributed by atoms with Crippen LogP contribution in [0.15, 0.2) is 11.5 Å². The van der Waals surface area contributed by atoms with Gasteiger partial charge in [0.2, 0.25) is 0 Å². The molecule has 0 aliphatic carbocycles. The zero-order valence-electron chi connectivity index (χ0n) is 11.2. The van der Waals surface area contributed by atoms with E-state index in [1.807, 2.05) is 0 Å². The SMILES string of the molecule is CCCCCCCCCCC=CS(=O)(=O)[O-].[K+]. The summed E-state index contributed by atoms with van der Waals surface area (Å²) in [6.07, 6.45) is 11.9. The molecule has 0 bridgehead atoms. The van der Waals surface area contributed by atoms with Crippen molar-refractivity contribution in [3.63, 3.8) is 0 Å². The molecule has 3 nitrogen and oxygen atoms in total. The van der Waals surface area contributed by atoms with Gasteiger partial charge in [-0.3, -0.25) is 0 Å². The minimum absolute atomic E-state index is 0. The molecule has 17 heavy (non-hydrogen) atoms. The van der Waals surface area contributed by atoms with E-state index in [2.05, 4.69) is 6.92 Å². The summed E-state index contributed by atoms with van der Waals surface area (Å²) in [7, 11) is -4.16. The van der Waals surface area contributed by atoms with Crippen LogP contribution in [0, 0.1) is 0 Å². The molecular formula is C12H23KO3S. The Bertz CT molecular complexity index is 273. The third-order valence-electron chi connectivity index (χ3n) is 2.49. The first-order chi connectivity index (χ1) is 7.56. The molecule has 0 aromatic carbocycles. The number of hydrogen-bond acceptors (Lipinski definition) is 3. The second-order valence-corrected chi connectivity index (χ2v) is 5.39. The van der Waals surface area contributed by atoms with Crippen LogP contribution in [0.25, 0.3) is 0 Å². The first-order valence-electron chi connectivity index (χ1n) is 6.18. The van der Waals surface area contributed by atoms with Crippen molar-refractivity contribution in [2.45, 2.75) is 64.7 Å². The van der Waals surface area contributed by atoms with E-state index in [0.717, 1.165) is 18.2 Å². The number of rotatable bonds is 10. The Morgan fingerprint density at radius 2 is 1.41 bits per heavy atom. The predicted octanol–water partition coefficient (Wildman–Crippen LogP) is 0.580. The molecule has 0 aliphatic heterocycles. The van der Waals surface area contributed by atoms with E-state index in [-0.39, 0.29) is 51.4 Å². The van der Waals surface area contributed by atoms with Crippen LogP contribution < -0.4 is 51.4 Å². The molecule has 0 radical (unpaired) electrons. The molecule has 0 atom stereocenters. The van der Waals surface area contributed by atoms with Gasteiger partial charge in [-0.05, 0) is 12.8 Å². The van der Waals surface area contributed by atoms with Crippen molar-refractivity contribution < 1.29 is 64.4 Å². The van der Waals surface area contributed by atoms with Gasteiger partial charge in [0.1, 0.15) is 10.1 Å². The van der Waals surface area contributed by atoms with E-state index in [1.165, 1.54) is 44.6 Å². The van der Waals surface area contributed by atoms with Crippen molar-refractivity contribution in [2.24, 2.45) is 0 Å². The molecule has 0 rings (SSSR count). The van der Waals surface area contributed by atoms with Gasteiger partial charge in [0.15, 0.2) is 0 Å². The van der Waals surface area contributed by atoms with Crippen LogP contribution in [0.5, 0.6) is 0 Å². The van der Waals surface area contributed by atoms with E-state index >= 15 is 0 Å². The van der Waals surface area contributed by atoms with Crippen molar-refractivity contribution in [1.29, 1.82) is 0 Å². The normalized spacial score (nSPS) is 11.6. The first-order valence-corrected chi connectivity index (χ1v) is 7.66. The monoisotopic (exact) mass is 286 g/mol. The quantitative estimate of drug-likeness (QED) is 0.335. The fraction of sp³-hybridized carbons (Fsp3) is 0.833. The largest absolute Gasteiger partial charge is 1.00 e. The van der Waals surface area contributed by atoms with Gasteiger partial charge in [-0.25, -0.2) is 8.42 Å². The van der Waals surface area contributed by atoms with Gasteiger partial charge in [0.25, 0.3) is 0 Å².